The number of amides is 1. The van der Waals surface area contributed by atoms with Crippen molar-refractivity contribution in [2.45, 2.75) is 26.3 Å². The molecule has 0 spiro atoms. The lowest BCUT2D eigenvalue weighted by molar-refractivity contribution is -0.138. The van der Waals surface area contributed by atoms with Crippen molar-refractivity contribution >= 4 is 5.91 Å². The Morgan fingerprint density at radius 2 is 1.76 bits per heavy atom. The van der Waals surface area contributed by atoms with Crippen LogP contribution in [0.4, 0.5) is 0 Å². The second-order valence-electron chi connectivity index (χ2n) is 6.56. The Morgan fingerprint density at radius 1 is 1.19 bits per heavy atom. The molecule has 2 N–H and O–H groups in total. The third-order valence-corrected chi connectivity index (χ3v) is 4.10. The lowest BCUT2D eigenvalue weighted by Crippen LogP contribution is -2.57. The second-order valence-corrected chi connectivity index (χ2v) is 6.56. The van der Waals surface area contributed by atoms with Gasteiger partial charge in [0.25, 0.3) is 0 Å². The van der Waals surface area contributed by atoms with Crippen LogP contribution in [0.15, 0.2) is 30.3 Å². The number of nitrogens with zero attached hydrogens (tertiary/aromatic N) is 2. The number of benzene rings is 1. The topological polar surface area (TPSA) is 49.6 Å². The third-order valence-electron chi connectivity index (χ3n) is 4.10. The molecule has 4 heteroatoms. The monoisotopic (exact) mass is 289 g/mol. The van der Waals surface area contributed by atoms with Crippen molar-refractivity contribution in [3.63, 3.8) is 0 Å². The van der Waals surface area contributed by atoms with Crippen LogP contribution in [0, 0.1) is 5.92 Å². The van der Waals surface area contributed by atoms with Gasteiger partial charge in [0, 0.05) is 32.7 Å². The first-order valence-corrected chi connectivity index (χ1v) is 7.77. The van der Waals surface area contributed by atoms with E-state index in [2.05, 4.69) is 18.7 Å². The van der Waals surface area contributed by atoms with E-state index in [0.717, 1.165) is 38.3 Å². The standard InChI is InChI=1S/C17H27N3O/c1-14(2)13-19-9-11-20(12-10-19)16(21)17(3,18)15-7-5-4-6-8-15/h4-8,14H,9-13,18H2,1-3H3. The molecule has 1 fully saturated rings. The van der Waals surface area contributed by atoms with E-state index in [1.165, 1.54) is 0 Å². The lowest BCUT2D eigenvalue weighted by Gasteiger charge is -2.39. The van der Waals surface area contributed by atoms with Crippen molar-refractivity contribution in [3.8, 4) is 0 Å². The minimum Gasteiger partial charge on any atom is -0.338 e. The van der Waals surface area contributed by atoms with Gasteiger partial charge >= 0.3 is 0 Å². The summed E-state index contributed by atoms with van der Waals surface area (Å²) in [5.41, 5.74) is 6.25. The largest absolute Gasteiger partial charge is 0.338 e. The summed E-state index contributed by atoms with van der Waals surface area (Å²) in [5, 5.41) is 0. The van der Waals surface area contributed by atoms with Crippen molar-refractivity contribution in [1.82, 2.24) is 9.80 Å². The quantitative estimate of drug-likeness (QED) is 0.917. The average Bonchev–Trinajstić information content (AvgIpc) is 2.47. The fraction of sp³-hybridized carbons (Fsp3) is 0.588. The van der Waals surface area contributed by atoms with E-state index in [9.17, 15) is 4.79 Å². The Kier molecular flexibility index (Phi) is 5.01. The predicted octanol–water partition coefficient (Wildman–Crippen LogP) is 1.66. The summed E-state index contributed by atoms with van der Waals surface area (Å²) in [4.78, 5) is 17.1. The molecule has 116 valence electrons. The van der Waals surface area contributed by atoms with Crippen LogP contribution in [0.2, 0.25) is 0 Å². The molecule has 0 aliphatic carbocycles. The summed E-state index contributed by atoms with van der Waals surface area (Å²) in [5.74, 6) is 0.689. The van der Waals surface area contributed by atoms with Crippen LogP contribution < -0.4 is 5.73 Å². The zero-order valence-corrected chi connectivity index (χ0v) is 13.4. The number of carbonyl (C=O) groups is 1. The molecule has 1 heterocycles. The second kappa shape index (κ2) is 6.58. The van der Waals surface area contributed by atoms with E-state index in [0.29, 0.717) is 5.92 Å². The van der Waals surface area contributed by atoms with Crippen LogP contribution in [0.5, 0.6) is 0 Å². The highest BCUT2D eigenvalue weighted by Gasteiger charge is 2.35. The van der Waals surface area contributed by atoms with Gasteiger partial charge in [-0.15, -0.1) is 0 Å². The van der Waals surface area contributed by atoms with E-state index >= 15 is 0 Å². The average molecular weight is 289 g/mol. The first-order valence-electron chi connectivity index (χ1n) is 7.77. The summed E-state index contributed by atoms with van der Waals surface area (Å²) in [6, 6.07) is 9.64. The van der Waals surface area contributed by atoms with Gasteiger partial charge in [-0.3, -0.25) is 9.69 Å². The molecule has 0 saturated carbocycles. The highest BCUT2D eigenvalue weighted by molar-refractivity contribution is 5.87. The summed E-state index contributed by atoms with van der Waals surface area (Å²) >= 11 is 0. The maximum atomic E-state index is 12.7. The molecule has 0 radical (unpaired) electrons. The molecule has 0 aromatic heterocycles. The molecule has 4 nitrogen and oxygen atoms in total. The third kappa shape index (κ3) is 3.83. The molecule has 21 heavy (non-hydrogen) atoms. The van der Waals surface area contributed by atoms with Gasteiger partial charge in [-0.1, -0.05) is 44.2 Å². The maximum Gasteiger partial charge on any atom is 0.247 e. The molecule has 1 aromatic rings. The van der Waals surface area contributed by atoms with Gasteiger partial charge in [0.1, 0.15) is 5.54 Å². The molecule has 2 rings (SSSR count). The van der Waals surface area contributed by atoms with Crippen LogP contribution in [0.25, 0.3) is 0 Å². The summed E-state index contributed by atoms with van der Waals surface area (Å²) in [6.07, 6.45) is 0. The van der Waals surface area contributed by atoms with Gasteiger partial charge in [-0.2, -0.15) is 0 Å². The van der Waals surface area contributed by atoms with Crippen molar-refractivity contribution in [2.24, 2.45) is 11.7 Å². The molecule has 1 amide bonds. The van der Waals surface area contributed by atoms with Crippen LogP contribution in [-0.2, 0) is 10.3 Å². The van der Waals surface area contributed by atoms with E-state index in [-0.39, 0.29) is 5.91 Å². The van der Waals surface area contributed by atoms with E-state index in [1.807, 2.05) is 42.2 Å². The molecule has 1 aliphatic rings. The number of hydrogen-bond donors (Lipinski definition) is 1. The van der Waals surface area contributed by atoms with Crippen LogP contribution in [-0.4, -0.2) is 48.4 Å². The smallest absolute Gasteiger partial charge is 0.247 e. The van der Waals surface area contributed by atoms with Gasteiger partial charge in [0.15, 0.2) is 0 Å². The van der Waals surface area contributed by atoms with E-state index < -0.39 is 5.54 Å². The summed E-state index contributed by atoms with van der Waals surface area (Å²) in [6.45, 7) is 10.8. The Hall–Kier alpha value is -1.39. The molecule has 1 unspecified atom stereocenters. The van der Waals surface area contributed by atoms with Gasteiger partial charge in [0.05, 0.1) is 0 Å². The molecule has 1 aliphatic heterocycles. The fourth-order valence-electron chi connectivity index (χ4n) is 2.89. The Morgan fingerprint density at radius 3 is 2.29 bits per heavy atom. The number of carbonyl (C=O) groups excluding carboxylic acids is 1. The van der Waals surface area contributed by atoms with Crippen LogP contribution in [0.3, 0.4) is 0 Å². The fourth-order valence-corrected chi connectivity index (χ4v) is 2.89. The Labute approximate surface area is 127 Å². The molecule has 1 atom stereocenters. The Bertz CT molecular complexity index is 462. The first kappa shape index (κ1) is 16.0. The van der Waals surface area contributed by atoms with Gasteiger partial charge in [-0.25, -0.2) is 0 Å². The van der Waals surface area contributed by atoms with Crippen molar-refractivity contribution < 1.29 is 4.79 Å². The van der Waals surface area contributed by atoms with Gasteiger partial charge in [0.2, 0.25) is 5.91 Å². The minimum atomic E-state index is -0.943. The van der Waals surface area contributed by atoms with Gasteiger partial charge < -0.3 is 10.6 Å². The first-order chi connectivity index (χ1) is 9.91. The van der Waals surface area contributed by atoms with Crippen molar-refractivity contribution in [2.75, 3.05) is 32.7 Å². The van der Waals surface area contributed by atoms with E-state index in [1.54, 1.807) is 0 Å². The molecular formula is C17H27N3O. The zero-order chi connectivity index (χ0) is 15.5. The van der Waals surface area contributed by atoms with Crippen molar-refractivity contribution in [3.05, 3.63) is 35.9 Å². The minimum absolute atomic E-state index is 0.0258. The van der Waals surface area contributed by atoms with Crippen molar-refractivity contribution in [1.29, 1.82) is 0 Å². The number of nitrogens with two attached hydrogens (primary N) is 1. The van der Waals surface area contributed by atoms with E-state index in [4.69, 9.17) is 5.73 Å². The maximum absolute atomic E-state index is 12.7. The molecule has 1 saturated heterocycles. The Balaban J connectivity index is 1.98. The van der Waals surface area contributed by atoms with Gasteiger partial charge in [-0.05, 0) is 18.4 Å². The number of hydrogen-bond acceptors (Lipinski definition) is 3. The zero-order valence-electron chi connectivity index (χ0n) is 13.4. The highest BCUT2D eigenvalue weighted by Crippen LogP contribution is 2.21. The molecule has 0 bridgehead atoms. The normalized spacial score (nSPS) is 19.6. The van der Waals surface area contributed by atoms with Crippen LogP contribution >= 0.6 is 0 Å². The molecule has 1 aromatic carbocycles. The van der Waals surface area contributed by atoms with Crippen LogP contribution in [0.1, 0.15) is 26.3 Å². The lowest BCUT2D eigenvalue weighted by atomic mass is 9.91. The summed E-state index contributed by atoms with van der Waals surface area (Å²) in [7, 11) is 0. The highest BCUT2D eigenvalue weighted by atomic mass is 16.2. The number of piperazine rings is 1. The number of rotatable bonds is 4. The predicted molar refractivity (Wildman–Crippen MR) is 85.8 cm³/mol. The SMILES string of the molecule is CC(C)CN1CCN(C(=O)C(C)(N)c2ccccc2)CC1. The molecular weight excluding hydrogens is 262 g/mol. The summed E-state index contributed by atoms with van der Waals surface area (Å²) < 4.78 is 0.